The minimum atomic E-state index is 0.685. The van der Waals surface area contributed by atoms with Gasteiger partial charge < -0.3 is 0 Å². The van der Waals surface area contributed by atoms with Crippen molar-refractivity contribution in [3.05, 3.63) is 29.1 Å². The third-order valence-corrected chi connectivity index (χ3v) is 2.47. The molecule has 0 bridgehead atoms. The largest absolute Gasteiger partial charge is 0.258 e. The summed E-state index contributed by atoms with van der Waals surface area (Å²) < 4.78 is 0. The zero-order valence-electron chi connectivity index (χ0n) is 7.09. The number of pyridine rings is 1. The predicted octanol–water partition coefficient (Wildman–Crippen LogP) is 2.44. The fourth-order valence-electron chi connectivity index (χ4n) is 1.75. The van der Waals surface area contributed by atoms with Crippen LogP contribution in [0.25, 0.3) is 0 Å². The van der Waals surface area contributed by atoms with E-state index in [1.54, 1.807) is 0 Å². The van der Waals surface area contributed by atoms with E-state index in [1.807, 2.05) is 0 Å². The molecular weight excluding hydrogens is 134 g/mol. The van der Waals surface area contributed by atoms with E-state index in [9.17, 15) is 0 Å². The molecule has 0 radical (unpaired) electrons. The van der Waals surface area contributed by atoms with Gasteiger partial charge in [-0.15, -0.1) is 0 Å². The molecule has 58 valence electrons. The van der Waals surface area contributed by atoms with Crippen LogP contribution in [0.1, 0.15) is 36.2 Å². The van der Waals surface area contributed by atoms with Crippen molar-refractivity contribution < 1.29 is 0 Å². The second-order valence-electron chi connectivity index (χ2n) is 3.44. The number of aromatic nitrogens is 1. The van der Waals surface area contributed by atoms with Crippen molar-refractivity contribution in [1.29, 1.82) is 0 Å². The van der Waals surface area contributed by atoms with Gasteiger partial charge in [-0.1, -0.05) is 13.0 Å². The van der Waals surface area contributed by atoms with Crippen LogP contribution < -0.4 is 0 Å². The molecule has 1 unspecified atom stereocenters. The van der Waals surface area contributed by atoms with E-state index in [4.69, 9.17) is 0 Å². The molecule has 0 spiro atoms. The van der Waals surface area contributed by atoms with E-state index < -0.39 is 0 Å². The maximum Gasteiger partial charge on any atom is 0.0466 e. The molecule has 0 aromatic carbocycles. The molecule has 1 aromatic rings. The number of hydrogen-bond acceptors (Lipinski definition) is 1. The van der Waals surface area contributed by atoms with Crippen LogP contribution in [-0.2, 0) is 6.42 Å². The second kappa shape index (κ2) is 2.33. The average Bonchev–Trinajstić information content (AvgIpc) is 2.33. The highest BCUT2D eigenvalue weighted by Gasteiger charge is 2.19. The van der Waals surface area contributed by atoms with Gasteiger partial charge in [0.15, 0.2) is 0 Å². The molecule has 1 heterocycles. The molecule has 1 atom stereocenters. The number of fused-ring (bicyclic) bond motifs is 1. The van der Waals surface area contributed by atoms with E-state index in [2.05, 4.69) is 31.0 Å². The van der Waals surface area contributed by atoms with Crippen molar-refractivity contribution in [1.82, 2.24) is 4.98 Å². The number of rotatable bonds is 0. The summed E-state index contributed by atoms with van der Waals surface area (Å²) in [4.78, 5) is 4.53. The van der Waals surface area contributed by atoms with Crippen molar-refractivity contribution >= 4 is 0 Å². The Labute approximate surface area is 67.5 Å². The first-order valence-electron chi connectivity index (χ1n) is 4.24. The molecule has 1 aliphatic carbocycles. The van der Waals surface area contributed by atoms with Crippen LogP contribution in [0.3, 0.4) is 0 Å². The summed E-state index contributed by atoms with van der Waals surface area (Å²) in [5, 5.41) is 0. The summed E-state index contributed by atoms with van der Waals surface area (Å²) >= 11 is 0. The van der Waals surface area contributed by atoms with Crippen LogP contribution in [0, 0.1) is 6.92 Å². The van der Waals surface area contributed by atoms with E-state index >= 15 is 0 Å². The van der Waals surface area contributed by atoms with Gasteiger partial charge in [0, 0.05) is 11.4 Å². The average molecular weight is 147 g/mol. The summed E-state index contributed by atoms with van der Waals surface area (Å²) in [6, 6.07) is 4.33. The smallest absolute Gasteiger partial charge is 0.0466 e. The molecule has 0 amide bonds. The Morgan fingerprint density at radius 3 is 3.09 bits per heavy atom. The summed E-state index contributed by atoms with van der Waals surface area (Å²) in [5.41, 5.74) is 3.95. The van der Waals surface area contributed by atoms with Gasteiger partial charge in [-0.3, -0.25) is 4.98 Å². The Kier molecular flexibility index (Phi) is 1.45. The molecule has 1 aromatic heterocycles. The molecular formula is C10H13N. The van der Waals surface area contributed by atoms with Crippen molar-refractivity contribution in [2.75, 3.05) is 0 Å². The SMILES string of the molecule is Cc1ccc2c(n1)C(C)CC2. The van der Waals surface area contributed by atoms with Crippen LogP contribution in [0.4, 0.5) is 0 Å². The summed E-state index contributed by atoms with van der Waals surface area (Å²) in [6.07, 6.45) is 2.51. The maximum atomic E-state index is 4.53. The van der Waals surface area contributed by atoms with Crippen LogP contribution in [-0.4, -0.2) is 4.98 Å². The van der Waals surface area contributed by atoms with E-state index in [1.165, 1.54) is 24.1 Å². The molecule has 0 saturated heterocycles. The van der Waals surface area contributed by atoms with Gasteiger partial charge in [-0.2, -0.15) is 0 Å². The van der Waals surface area contributed by atoms with Crippen LogP contribution in [0.15, 0.2) is 12.1 Å². The summed E-state index contributed by atoms with van der Waals surface area (Å²) in [5.74, 6) is 0.685. The Hall–Kier alpha value is -0.850. The summed E-state index contributed by atoms with van der Waals surface area (Å²) in [6.45, 7) is 4.32. The van der Waals surface area contributed by atoms with Crippen molar-refractivity contribution in [3.63, 3.8) is 0 Å². The zero-order valence-corrected chi connectivity index (χ0v) is 7.09. The lowest BCUT2D eigenvalue weighted by atomic mass is 10.1. The zero-order chi connectivity index (χ0) is 7.84. The highest BCUT2D eigenvalue weighted by atomic mass is 14.7. The summed E-state index contributed by atoms with van der Waals surface area (Å²) in [7, 11) is 0. The fraction of sp³-hybridized carbons (Fsp3) is 0.500. The topological polar surface area (TPSA) is 12.9 Å². The number of nitrogens with zero attached hydrogens (tertiary/aromatic N) is 1. The van der Waals surface area contributed by atoms with Crippen LogP contribution in [0.5, 0.6) is 0 Å². The molecule has 1 aliphatic rings. The van der Waals surface area contributed by atoms with Gasteiger partial charge >= 0.3 is 0 Å². The Morgan fingerprint density at radius 1 is 1.45 bits per heavy atom. The first-order valence-corrected chi connectivity index (χ1v) is 4.24. The quantitative estimate of drug-likeness (QED) is 0.549. The number of aryl methyl sites for hydroxylation is 2. The van der Waals surface area contributed by atoms with Gasteiger partial charge in [0.2, 0.25) is 0 Å². The Morgan fingerprint density at radius 2 is 2.27 bits per heavy atom. The van der Waals surface area contributed by atoms with E-state index in [-0.39, 0.29) is 0 Å². The predicted molar refractivity (Wildman–Crippen MR) is 45.7 cm³/mol. The standard InChI is InChI=1S/C10H13N/c1-7-3-5-9-6-4-8(2)11-10(7)9/h4,6-7H,3,5H2,1-2H3. The molecule has 0 fully saturated rings. The molecule has 1 heteroatoms. The van der Waals surface area contributed by atoms with Crippen molar-refractivity contribution in [2.24, 2.45) is 0 Å². The highest BCUT2D eigenvalue weighted by Crippen LogP contribution is 2.30. The van der Waals surface area contributed by atoms with E-state index in [0.29, 0.717) is 5.92 Å². The van der Waals surface area contributed by atoms with Gasteiger partial charge in [0.05, 0.1) is 0 Å². The van der Waals surface area contributed by atoms with Gasteiger partial charge in [-0.25, -0.2) is 0 Å². The number of hydrogen-bond donors (Lipinski definition) is 0. The molecule has 11 heavy (non-hydrogen) atoms. The second-order valence-corrected chi connectivity index (χ2v) is 3.44. The molecule has 2 rings (SSSR count). The fourth-order valence-corrected chi connectivity index (χ4v) is 1.75. The van der Waals surface area contributed by atoms with Gasteiger partial charge in [0.1, 0.15) is 0 Å². The third-order valence-electron chi connectivity index (χ3n) is 2.47. The normalized spacial score (nSPS) is 21.8. The molecule has 0 N–H and O–H groups in total. The lowest BCUT2D eigenvalue weighted by molar-refractivity contribution is 0.729. The van der Waals surface area contributed by atoms with Gasteiger partial charge in [0.25, 0.3) is 0 Å². The van der Waals surface area contributed by atoms with Gasteiger partial charge in [-0.05, 0) is 37.3 Å². The first kappa shape index (κ1) is 6.84. The third kappa shape index (κ3) is 1.05. The maximum absolute atomic E-state index is 4.53. The Balaban J connectivity index is 2.52. The lowest BCUT2D eigenvalue weighted by Crippen LogP contribution is -1.93. The lowest BCUT2D eigenvalue weighted by Gasteiger charge is -2.02. The monoisotopic (exact) mass is 147 g/mol. The minimum absolute atomic E-state index is 0.685. The molecule has 0 aliphatic heterocycles. The highest BCUT2D eigenvalue weighted by molar-refractivity contribution is 5.29. The van der Waals surface area contributed by atoms with E-state index in [0.717, 1.165) is 5.69 Å². The van der Waals surface area contributed by atoms with Crippen LogP contribution in [0.2, 0.25) is 0 Å². The minimum Gasteiger partial charge on any atom is -0.258 e. The Bertz CT molecular complexity index is 278. The molecule has 0 saturated carbocycles. The van der Waals surface area contributed by atoms with Crippen LogP contribution >= 0.6 is 0 Å². The molecule has 1 nitrogen and oxygen atoms in total. The first-order chi connectivity index (χ1) is 5.27. The van der Waals surface area contributed by atoms with Crippen molar-refractivity contribution in [2.45, 2.75) is 32.6 Å². The van der Waals surface area contributed by atoms with Crippen molar-refractivity contribution in [3.8, 4) is 0 Å².